The molecule has 0 atom stereocenters. The summed E-state index contributed by atoms with van der Waals surface area (Å²) in [6, 6.07) is 6.94. The van der Waals surface area contributed by atoms with E-state index in [1.807, 2.05) is 11.4 Å². The summed E-state index contributed by atoms with van der Waals surface area (Å²) in [5, 5.41) is 10.1. The first kappa shape index (κ1) is 17.4. The maximum absolute atomic E-state index is 12.7. The average molecular weight is 427 g/mol. The lowest BCUT2D eigenvalue weighted by atomic mass is 10.2. The molecule has 0 unspecified atom stereocenters. The highest BCUT2D eigenvalue weighted by molar-refractivity contribution is 7.15. The van der Waals surface area contributed by atoms with Gasteiger partial charge in [0.15, 0.2) is 15.8 Å². The molecule has 0 spiro atoms. The van der Waals surface area contributed by atoms with Crippen molar-refractivity contribution in [3.63, 3.8) is 0 Å². The number of hydrogen-bond donors (Lipinski definition) is 1. The van der Waals surface area contributed by atoms with E-state index in [-0.39, 0.29) is 16.8 Å². The van der Waals surface area contributed by atoms with Crippen LogP contribution in [0.4, 0.5) is 5.82 Å². The number of nitrogens with one attached hydrogen (secondary N) is 1. The Kier molecular flexibility index (Phi) is 4.62. The first-order valence-corrected chi connectivity index (χ1v) is 9.42. The molecule has 10 heteroatoms. The Morgan fingerprint density at radius 2 is 2.08 bits per heavy atom. The molecule has 0 aliphatic heterocycles. The van der Waals surface area contributed by atoms with Crippen molar-refractivity contribution in [1.29, 1.82) is 0 Å². The summed E-state index contributed by atoms with van der Waals surface area (Å²) < 4.78 is 3.28. The van der Waals surface area contributed by atoms with Crippen LogP contribution in [-0.4, -0.2) is 25.1 Å². The minimum atomic E-state index is -0.371. The number of thiazole rings is 1. The number of carbonyl (C=O) groups is 1. The summed E-state index contributed by atoms with van der Waals surface area (Å²) in [4.78, 5) is 17.5. The van der Waals surface area contributed by atoms with Crippen LogP contribution in [0.5, 0.6) is 0 Å². The summed E-state index contributed by atoms with van der Waals surface area (Å²) in [5.74, 6) is 0.145. The zero-order valence-corrected chi connectivity index (χ0v) is 16.1. The van der Waals surface area contributed by atoms with Crippen molar-refractivity contribution < 1.29 is 4.79 Å². The van der Waals surface area contributed by atoms with E-state index in [1.165, 1.54) is 11.3 Å². The molecule has 0 aliphatic carbocycles. The molecule has 3 aromatic heterocycles. The maximum Gasteiger partial charge on any atom is 0.277 e. The zero-order valence-electron chi connectivity index (χ0n) is 13.0. The molecule has 26 heavy (non-hydrogen) atoms. The number of carbonyl (C=O) groups excluding carboxylic acids is 1. The first-order valence-electron chi connectivity index (χ1n) is 7.41. The SMILES string of the molecule is O=C(Nc1ccnn1Cc1ccc(Cl)cc1Cl)c1c(Cl)nc2sccn12. The van der Waals surface area contributed by atoms with Gasteiger partial charge in [-0.25, -0.2) is 9.67 Å². The minimum Gasteiger partial charge on any atom is -0.305 e. The number of aromatic nitrogens is 4. The van der Waals surface area contributed by atoms with Gasteiger partial charge in [-0.3, -0.25) is 9.20 Å². The van der Waals surface area contributed by atoms with Crippen LogP contribution in [0.1, 0.15) is 16.1 Å². The number of nitrogens with zero attached hydrogens (tertiary/aromatic N) is 4. The highest BCUT2D eigenvalue weighted by Gasteiger charge is 2.20. The third-order valence-corrected chi connectivity index (χ3v) is 5.34. The van der Waals surface area contributed by atoms with Gasteiger partial charge in [0.2, 0.25) is 0 Å². The van der Waals surface area contributed by atoms with Gasteiger partial charge >= 0.3 is 0 Å². The molecule has 3 heterocycles. The Hall–Kier alpha value is -2.06. The van der Waals surface area contributed by atoms with E-state index in [1.54, 1.807) is 39.7 Å². The number of fused-ring (bicyclic) bond motifs is 1. The van der Waals surface area contributed by atoms with Gasteiger partial charge in [0, 0.05) is 27.7 Å². The molecule has 0 radical (unpaired) electrons. The molecule has 6 nitrogen and oxygen atoms in total. The molecule has 1 N–H and O–H groups in total. The largest absolute Gasteiger partial charge is 0.305 e. The standard InChI is InChI=1S/C16H10Cl3N5OS/c17-10-2-1-9(11(18)7-10)8-24-12(3-4-20-24)21-15(25)13-14(19)22-16-23(13)5-6-26-16/h1-7H,8H2,(H,21,25). The fourth-order valence-corrected chi connectivity index (χ4v) is 4.00. The second kappa shape index (κ2) is 6.92. The Bertz CT molecular complexity index is 1120. The average Bonchev–Trinajstić information content (AvgIpc) is 3.26. The molecule has 0 saturated heterocycles. The molecular weight excluding hydrogens is 417 g/mol. The van der Waals surface area contributed by atoms with E-state index in [9.17, 15) is 4.79 Å². The third-order valence-electron chi connectivity index (χ3n) is 3.73. The van der Waals surface area contributed by atoms with Crippen molar-refractivity contribution in [2.45, 2.75) is 6.54 Å². The second-order valence-corrected chi connectivity index (χ2v) is 7.45. The summed E-state index contributed by atoms with van der Waals surface area (Å²) in [7, 11) is 0. The molecule has 132 valence electrons. The maximum atomic E-state index is 12.7. The molecule has 0 aliphatic rings. The molecule has 4 aromatic rings. The van der Waals surface area contributed by atoms with E-state index in [0.717, 1.165) is 5.56 Å². The lowest BCUT2D eigenvalue weighted by Crippen LogP contribution is -2.18. The van der Waals surface area contributed by atoms with Crippen molar-refractivity contribution >= 4 is 62.8 Å². The predicted octanol–water partition coefficient (Wildman–Crippen LogP) is 4.85. The first-order chi connectivity index (χ1) is 12.5. The summed E-state index contributed by atoms with van der Waals surface area (Å²) in [5.41, 5.74) is 1.11. The van der Waals surface area contributed by atoms with Crippen molar-refractivity contribution in [3.05, 3.63) is 68.5 Å². The van der Waals surface area contributed by atoms with Crippen LogP contribution in [-0.2, 0) is 6.54 Å². The number of anilines is 1. The Morgan fingerprint density at radius 1 is 1.23 bits per heavy atom. The van der Waals surface area contributed by atoms with E-state index >= 15 is 0 Å². The normalized spacial score (nSPS) is 11.2. The third kappa shape index (κ3) is 3.19. The molecule has 4 rings (SSSR count). The lowest BCUT2D eigenvalue weighted by Gasteiger charge is -2.10. The number of halogens is 3. The highest BCUT2D eigenvalue weighted by Crippen LogP contribution is 2.24. The van der Waals surface area contributed by atoms with Crippen molar-refractivity contribution in [2.75, 3.05) is 5.32 Å². The predicted molar refractivity (Wildman–Crippen MR) is 104 cm³/mol. The van der Waals surface area contributed by atoms with Crippen LogP contribution >= 0.6 is 46.1 Å². The molecule has 0 saturated carbocycles. The van der Waals surface area contributed by atoms with Gasteiger partial charge < -0.3 is 5.32 Å². The van der Waals surface area contributed by atoms with E-state index in [4.69, 9.17) is 34.8 Å². The highest BCUT2D eigenvalue weighted by atomic mass is 35.5. The Morgan fingerprint density at radius 3 is 2.88 bits per heavy atom. The van der Waals surface area contributed by atoms with Crippen LogP contribution in [0, 0.1) is 0 Å². The van der Waals surface area contributed by atoms with Gasteiger partial charge in [-0.1, -0.05) is 40.9 Å². The Labute approximate surface area is 166 Å². The quantitative estimate of drug-likeness (QED) is 0.507. The van der Waals surface area contributed by atoms with Gasteiger partial charge in [0.25, 0.3) is 5.91 Å². The fraction of sp³-hybridized carbons (Fsp3) is 0.0625. The zero-order chi connectivity index (χ0) is 18.3. The topological polar surface area (TPSA) is 64.2 Å². The van der Waals surface area contributed by atoms with E-state index < -0.39 is 0 Å². The monoisotopic (exact) mass is 425 g/mol. The lowest BCUT2D eigenvalue weighted by molar-refractivity contribution is 0.102. The van der Waals surface area contributed by atoms with Crippen LogP contribution in [0.2, 0.25) is 15.2 Å². The minimum absolute atomic E-state index is 0.154. The molecule has 0 fully saturated rings. The summed E-state index contributed by atoms with van der Waals surface area (Å²) in [6.45, 7) is 0.382. The fourth-order valence-electron chi connectivity index (χ4n) is 2.51. The number of amides is 1. The van der Waals surface area contributed by atoms with E-state index in [2.05, 4.69) is 15.4 Å². The Balaban J connectivity index is 1.60. The van der Waals surface area contributed by atoms with Crippen LogP contribution < -0.4 is 5.32 Å². The second-order valence-electron chi connectivity index (χ2n) is 5.37. The van der Waals surface area contributed by atoms with Crippen molar-refractivity contribution in [2.24, 2.45) is 0 Å². The number of hydrogen-bond acceptors (Lipinski definition) is 4. The van der Waals surface area contributed by atoms with Crippen LogP contribution in [0.3, 0.4) is 0 Å². The molecular formula is C16H10Cl3N5OS. The number of rotatable bonds is 4. The molecule has 1 aromatic carbocycles. The van der Waals surface area contributed by atoms with Gasteiger partial charge in [-0.05, 0) is 17.7 Å². The van der Waals surface area contributed by atoms with E-state index in [0.29, 0.717) is 27.4 Å². The smallest absolute Gasteiger partial charge is 0.277 e. The van der Waals surface area contributed by atoms with Crippen LogP contribution in [0.25, 0.3) is 4.96 Å². The summed E-state index contributed by atoms with van der Waals surface area (Å²) >= 11 is 19.7. The number of imidazole rings is 1. The van der Waals surface area contributed by atoms with Gasteiger partial charge in [0.1, 0.15) is 5.82 Å². The molecule has 1 amide bonds. The van der Waals surface area contributed by atoms with Gasteiger partial charge in [-0.15, -0.1) is 11.3 Å². The molecule has 0 bridgehead atoms. The van der Waals surface area contributed by atoms with Gasteiger partial charge in [-0.2, -0.15) is 5.10 Å². The van der Waals surface area contributed by atoms with Crippen molar-refractivity contribution in [1.82, 2.24) is 19.2 Å². The van der Waals surface area contributed by atoms with Gasteiger partial charge in [0.05, 0.1) is 12.7 Å². The number of benzene rings is 1. The van der Waals surface area contributed by atoms with Crippen LogP contribution in [0.15, 0.2) is 42.0 Å². The summed E-state index contributed by atoms with van der Waals surface area (Å²) in [6.07, 6.45) is 3.34. The van der Waals surface area contributed by atoms with Crippen molar-refractivity contribution in [3.8, 4) is 0 Å².